The second kappa shape index (κ2) is 4.80. The van der Waals surface area contributed by atoms with E-state index in [1.54, 1.807) is 38.1 Å². The van der Waals surface area contributed by atoms with Crippen molar-refractivity contribution in [3.63, 3.8) is 0 Å². The van der Waals surface area contributed by atoms with E-state index in [9.17, 15) is 9.60 Å². The van der Waals surface area contributed by atoms with E-state index in [0.717, 1.165) is 4.73 Å². The molecule has 0 unspecified atom stereocenters. The summed E-state index contributed by atoms with van der Waals surface area (Å²) in [7, 11) is 0. The molecule has 4 nitrogen and oxygen atoms in total. The first-order valence-electron chi connectivity index (χ1n) is 6.34. The minimum atomic E-state index is -0.870. The lowest BCUT2D eigenvalue weighted by molar-refractivity contribution is -0.606. The summed E-state index contributed by atoms with van der Waals surface area (Å²) in [5, 5.41) is 12.0. The van der Waals surface area contributed by atoms with Gasteiger partial charge in [0, 0.05) is 18.2 Å². The maximum atomic E-state index is 13.7. The number of hydrogen-bond acceptors (Lipinski definition) is 3. The third-order valence-electron chi connectivity index (χ3n) is 3.09. The molecule has 0 aliphatic carbocycles. The van der Waals surface area contributed by atoms with Crippen molar-refractivity contribution < 1.29 is 13.9 Å². The number of ether oxygens (including phenoxy) is 1. The van der Waals surface area contributed by atoms with Gasteiger partial charge in [-0.25, -0.2) is 9.38 Å². The van der Waals surface area contributed by atoms with Gasteiger partial charge in [-0.2, -0.15) is 4.73 Å². The SMILES string of the molecule is CC1(C)N=C(c2cccc[n+]2[O-])c2cc(Br)c(F)cc2O1. The number of nitrogens with zero attached hydrogens (tertiary/aromatic N) is 2. The monoisotopic (exact) mass is 350 g/mol. The van der Waals surface area contributed by atoms with Crippen LogP contribution in [0.1, 0.15) is 25.1 Å². The van der Waals surface area contributed by atoms with Crippen LogP contribution < -0.4 is 9.47 Å². The molecule has 108 valence electrons. The number of fused-ring (bicyclic) bond motifs is 1. The fourth-order valence-corrected chi connectivity index (χ4v) is 2.57. The number of hydrogen-bond donors (Lipinski definition) is 0. The first-order valence-corrected chi connectivity index (χ1v) is 7.13. The van der Waals surface area contributed by atoms with Crippen LogP contribution in [-0.2, 0) is 0 Å². The second-order valence-corrected chi connectivity index (χ2v) is 6.04. The van der Waals surface area contributed by atoms with Crippen LogP contribution in [0.5, 0.6) is 5.75 Å². The van der Waals surface area contributed by atoms with E-state index in [1.807, 2.05) is 0 Å². The lowest BCUT2D eigenvalue weighted by Crippen LogP contribution is -2.39. The molecule has 0 amide bonds. The molecule has 2 aromatic rings. The summed E-state index contributed by atoms with van der Waals surface area (Å²) in [6.07, 6.45) is 1.40. The number of rotatable bonds is 1. The Hall–Kier alpha value is -1.95. The molecule has 1 aliphatic rings. The molecular formula is C15H12BrFN2O2. The zero-order valence-corrected chi connectivity index (χ0v) is 13.0. The maximum Gasteiger partial charge on any atom is 0.242 e. The highest BCUT2D eigenvalue weighted by Crippen LogP contribution is 2.35. The van der Waals surface area contributed by atoms with Crippen LogP contribution in [0.15, 0.2) is 46.0 Å². The van der Waals surface area contributed by atoms with E-state index >= 15 is 0 Å². The van der Waals surface area contributed by atoms with Crippen molar-refractivity contribution >= 4 is 21.6 Å². The third kappa shape index (κ3) is 2.51. The third-order valence-corrected chi connectivity index (χ3v) is 3.69. The predicted molar refractivity (Wildman–Crippen MR) is 79.8 cm³/mol. The van der Waals surface area contributed by atoms with Gasteiger partial charge >= 0.3 is 0 Å². The summed E-state index contributed by atoms with van der Waals surface area (Å²) in [6.45, 7) is 3.52. The molecule has 6 heteroatoms. The molecular weight excluding hydrogens is 339 g/mol. The Kier molecular flexibility index (Phi) is 3.20. The van der Waals surface area contributed by atoms with Gasteiger partial charge in [0.25, 0.3) is 0 Å². The van der Waals surface area contributed by atoms with Crippen LogP contribution in [0.3, 0.4) is 0 Å². The summed E-state index contributed by atoms with van der Waals surface area (Å²) in [5.74, 6) is -0.0524. The lowest BCUT2D eigenvalue weighted by atomic mass is 10.0. The lowest BCUT2D eigenvalue weighted by Gasteiger charge is -2.29. The molecule has 0 N–H and O–H groups in total. The van der Waals surface area contributed by atoms with Crippen LogP contribution in [0, 0.1) is 11.0 Å². The fraction of sp³-hybridized carbons (Fsp3) is 0.200. The van der Waals surface area contributed by atoms with E-state index in [2.05, 4.69) is 20.9 Å². The standard InChI is InChI=1S/C15H12BrFN2O2/c1-15(2)18-14(12-5-3-4-6-19(12)20)9-7-10(16)11(17)8-13(9)21-15/h3-8H,1-2H3. The number of halogens is 2. The molecule has 0 spiro atoms. The van der Waals surface area contributed by atoms with Crippen molar-refractivity contribution in [3.05, 3.63) is 63.3 Å². The van der Waals surface area contributed by atoms with Gasteiger partial charge in [0.05, 0.1) is 10.0 Å². The van der Waals surface area contributed by atoms with Crippen molar-refractivity contribution in [1.29, 1.82) is 0 Å². The molecule has 1 aliphatic heterocycles. The largest absolute Gasteiger partial charge is 0.618 e. The van der Waals surface area contributed by atoms with E-state index in [-0.39, 0.29) is 0 Å². The zero-order valence-electron chi connectivity index (χ0n) is 11.4. The summed E-state index contributed by atoms with van der Waals surface area (Å²) >= 11 is 3.15. The Morgan fingerprint density at radius 3 is 2.81 bits per heavy atom. The highest BCUT2D eigenvalue weighted by Gasteiger charge is 2.32. The fourth-order valence-electron chi connectivity index (χ4n) is 2.23. The van der Waals surface area contributed by atoms with Crippen LogP contribution in [0.2, 0.25) is 0 Å². The molecule has 3 rings (SSSR count). The van der Waals surface area contributed by atoms with Gasteiger partial charge in [0.15, 0.2) is 11.9 Å². The van der Waals surface area contributed by atoms with Crippen LogP contribution >= 0.6 is 15.9 Å². The highest BCUT2D eigenvalue weighted by molar-refractivity contribution is 9.10. The Balaban J connectivity index is 2.27. The average Bonchev–Trinajstić information content (AvgIpc) is 2.40. The van der Waals surface area contributed by atoms with E-state index in [1.165, 1.54) is 12.3 Å². The number of benzene rings is 1. The molecule has 0 fully saturated rings. The Morgan fingerprint density at radius 1 is 1.33 bits per heavy atom. The normalized spacial score (nSPS) is 15.9. The predicted octanol–water partition coefficient (Wildman–Crippen LogP) is 3.19. The maximum absolute atomic E-state index is 13.7. The first-order chi connectivity index (χ1) is 9.87. The topological polar surface area (TPSA) is 48.5 Å². The van der Waals surface area contributed by atoms with Gasteiger partial charge in [0.1, 0.15) is 17.3 Å². The number of aromatic nitrogens is 1. The summed E-state index contributed by atoms with van der Waals surface area (Å²) < 4.78 is 20.5. The van der Waals surface area contributed by atoms with Gasteiger partial charge < -0.3 is 9.94 Å². The summed E-state index contributed by atoms with van der Waals surface area (Å²) in [4.78, 5) is 4.49. The van der Waals surface area contributed by atoms with Gasteiger partial charge in [0.2, 0.25) is 5.69 Å². The minimum Gasteiger partial charge on any atom is -0.618 e. The highest BCUT2D eigenvalue weighted by atomic mass is 79.9. The molecule has 0 atom stereocenters. The van der Waals surface area contributed by atoms with Gasteiger partial charge in [-0.05, 0) is 41.9 Å². The van der Waals surface area contributed by atoms with E-state index in [4.69, 9.17) is 4.74 Å². The van der Waals surface area contributed by atoms with Crippen molar-refractivity contribution in [2.24, 2.45) is 4.99 Å². The van der Waals surface area contributed by atoms with E-state index < -0.39 is 11.5 Å². The van der Waals surface area contributed by atoms with Crippen LogP contribution in [-0.4, -0.2) is 11.4 Å². The van der Waals surface area contributed by atoms with Gasteiger partial charge in [-0.1, -0.05) is 0 Å². The molecule has 0 radical (unpaired) electrons. The molecule has 1 aromatic heterocycles. The van der Waals surface area contributed by atoms with Crippen molar-refractivity contribution in [1.82, 2.24) is 0 Å². The Labute approximate surface area is 129 Å². The molecule has 21 heavy (non-hydrogen) atoms. The average molecular weight is 351 g/mol. The number of pyridine rings is 1. The molecule has 1 aromatic carbocycles. The smallest absolute Gasteiger partial charge is 0.242 e. The van der Waals surface area contributed by atoms with E-state index in [0.29, 0.717) is 27.2 Å². The summed E-state index contributed by atoms with van der Waals surface area (Å²) in [6, 6.07) is 7.95. The Bertz CT molecular complexity index is 759. The zero-order chi connectivity index (χ0) is 15.2. The minimum absolute atomic E-state index is 0.297. The molecule has 0 bridgehead atoms. The second-order valence-electron chi connectivity index (χ2n) is 5.18. The van der Waals surface area contributed by atoms with Gasteiger partial charge in [-0.15, -0.1) is 0 Å². The van der Waals surface area contributed by atoms with Gasteiger partial charge in [-0.3, -0.25) is 0 Å². The summed E-state index contributed by atoms with van der Waals surface area (Å²) in [5.41, 5.74) is 0.593. The van der Waals surface area contributed by atoms with Crippen LogP contribution in [0.25, 0.3) is 0 Å². The van der Waals surface area contributed by atoms with Crippen LogP contribution in [0.4, 0.5) is 4.39 Å². The van der Waals surface area contributed by atoms with Crippen molar-refractivity contribution in [2.45, 2.75) is 19.6 Å². The molecule has 0 saturated carbocycles. The molecule has 2 heterocycles. The van der Waals surface area contributed by atoms with Crippen molar-refractivity contribution in [2.75, 3.05) is 0 Å². The number of aliphatic imine (C=N–C) groups is 1. The van der Waals surface area contributed by atoms with Crippen molar-refractivity contribution in [3.8, 4) is 5.75 Å². The molecule has 0 saturated heterocycles. The quantitative estimate of drug-likeness (QED) is 0.585. The first kappa shape index (κ1) is 14.0. The Morgan fingerprint density at radius 2 is 2.10 bits per heavy atom.